The van der Waals surface area contributed by atoms with Crippen molar-refractivity contribution in [1.29, 1.82) is 0 Å². The maximum atomic E-state index is 11.8. The van der Waals surface area contributed by atoms with Gasteiger partial charge in [-0.25, -0.2) is 0 Å². The molecular weight excluding hydrogens is 308 g/mol. The first-order valence-electron chi connectivity index (χ1n) is 7.83. The normalized spacial score (nSPS) is 10.3. The molecule has 0 fully saturated rings. The Hall–Kier alpha value is -2.89. The quantitative estimate of drug-likeness (QED) is 0.442. The molecule has 0 saturated heterocycles. The third-order valence-corrected chi connectivity index (χ3v) is 3.70. The molecule has 2 aromatic carbocycles. The maximum Gasteiger partial charge on any atom is 0.269 e. The number of nitrogens with one attached hydrogen (secondary N) is 1. The van der Waals surface area contributed by atoms with Gasteiger partial charge in [-0.1, -0.05) is 30.3 Å². The van der Waals surface area contributed by atoms with Crippen molar-refractivity contribution in [2.24, 2.45) is 0 Å². The Kier molecular flexibility index (Phi) is 6.31. The Balaban J connectivity index is 1.65. The van der Waals surface area contributed by atoms with Crippen LogP contribution < -0.4 is 5.32 Å². The molecule has 0 heterocycles. The van der Waals surface area contributed by atoms with Crippen LogP contribution in [0.1, 0.15) is 24.0 Å². The van der Waals surface area contributed by atoms with Crippen LogP contribution in [0.2, 0.25) is 0 Å². The summed E-state index contributed by atoms with van der Waals surface area (Å²) in [5, 5.41) is 23.0. The van der Waals surface area contributed by atoms with E-state index in [2.05, 4.69) is 5.32 Å². The first-order chi connectivity index (χ1) is 11.6. The largest absolute Gasteiger partial charge is 0.508 e. The average molecular weight is 328 g/mol. The van der Waals surface area contributed by atoms with Crippen LogP contribution in [0.3, 0.4) is 0 Å². The molecule has 6 heteroatoms. The number of carbonyl (C=O) groups is 1. The second-order valence-corrected chi connectivity index (χ2v) is 5.54. The molecule has 126 valence electrons. The lowest BCUT2D eigenvalue weighted by Crippen LogP contribution is -2.26. The van der Waals surface area contributed by atoms with Gasteiger partial charge in [-0.3, -0.25) is 14.9 Å². The van der Waals surface area contributed by atoms with Crippen molar-refractivity contribution in [2.75, 3.05) is 6.54 Å². The van der Waals surface area contributed by atoms with Crippen LogP contribution in [0, 0.1) is 10.1 Å². The number of hydrogen-bond donors (Lipinski definition) is 2. The monoisotopic (exact) mass is 328 g/mol. The highest BCUT2D eigenvalue weighted by Gasteiger charge is 2.07. The molecule has 0 radical (unpaired) electrons. The third-order valence-electron chi connectivity index (χ3n) is 3.70. The minimum Gasteiger partial charge on any atom is -0.508 e. The van der Waals surface area contributed by atoms with Crippen molar-refractivity contribution in [2.45, 2.75) is 25.7 Å². The average Bonchev–Trinajstić information content (AvgIpc) is 2.57. The van der Waals surface area contributed by atoms with Crippen molar-refractivity contribution in [3.05, 3.63) is 69.8 Å². The Morgan fingerprint density at radius 3 is 2.46 bits per heavy atom. The number of unbranched alkanes of at least 4 members (excludes halogenated alkanes) is 1. The fourth-order valence-corrected chi connectivity index (χ4v) is 2.36. The molecule has 6 nitrogen and oxygen atoms in total. The van der Waals surface area contributed by atoms with Gasteiger partial charge in [-0.2, -0.15) is 0 Å². The molecule has 0 bridgehead atoms. The van der Waals surface area contributed by atoms with E-state index in [0.717, 1.165) is 24.8 Å². The number of non-ortho nitro benzene ring substituents is 1. The number of phenolic OH excluding ortho intramolecular Hbond substituents is 1. The molecule has 0 aliphatic rings. The zero-order chi connectivity index (χ0) is 17.4. The topological polar surface area (TPSA) is 92.5 Å². The number of para-hydroxylation sites is 1. The molecular formula is C18H20N2O4. The lowest BCUT2D eigenvalue weighted by atomic mass is 10.1. The van der Waals surface area contributed by atoms with Gasteiger partial charge in [0.05, 0.1) is 11.3 Å². The number of benzene rings is 2. The first kappa shape index (κ1) is 17.5. The number of carbonyl (C=O) groups excluding carboxylic acids is 1. The standard InChI is InChI=1S/C18H20N2O4/c21-17-7-2-1-6-15(17)13-18(22)19-12-4-3-5-14-8-10-16(11-9-14)20(23)24/h1-2,6-11,21H,3-5,12-13H2,(H,19,22). The van der Waals surface area contributed by atoms with Crippen LogP contribution in [-0.4, -0.2) is 22.5 Å². The van der Waals surface area contributed by atoms with Gasteiger partial charge in [0.25, 0.3) is 5.69 Å². The van der Waals surface area contributed by atoms with Gasteiger partial charge in [0, 0.05) is 24.2 Å². The Morgan fingerprint density at radius 2 is 1.79 bits per heavy atom. The number of amides is 1. The zero-order valence-electron chi connectivity index (χ0n) is 13.3. The van der Waals surface area contributed by atoms with E-state index >= 15 is 0 Å². The molecule has 2 rings (SSSR count). The highest BCUT2D eigenvalue weighted by atomic mass is 16.6. The van der Waals surface area contributed by atoms with Gasteiger partial charge >= 0.3 is 0 Å². The molecule has 0 aliphatic carbocycles. The summed E-state index contributed by atoms with van der Waals surface area (Å²) in [6, 6.07) is 13.3. The van der Waals surface area contributed by atoms with Crippen molar-refractivity contribution in [3.8, 4) is 5.75 Å². The number of phenols is 1. The number of aryl methyl sites for hydroxylation is 1. The predicted molar refractivity (Wildman–Crippen MR) is 90.9 cm³/mol. The summed E-state index contributed by atoms with van der Waals surface area (Å²) < 4.78 is 0. The first-order valence-corrected chi connectivity index (χ1v) is 7.83. The van der Waals surface area contributed by atoms with Gasteiger partial charge in [0.2, 0.25) is 5.91 Å². The molecule has 0 aliphatic heterocycles. The van der Waals surface area contributed by atoms with E-state index in [4.69, 9.17) is 0 Å². The van der Waals surface area contributed by atoms with Crippen LogP contribution >= 0.6 is 0 Å². The SMILES string of the molecule is O=C(Cc1ccccc1O)NCCCCc1ccc([N+](=O)[O-])cc1. The maximum absolute atomic E-state index is 11.8. The van der Waals surface area contributed by atoms with Crippen molar-refractivity contribution >= 4 is 11.6 Å². The Labute approximate surface area is 140 Å². The molecule has 2 N–H and O–H groups in total. The molecule has 2 aromatic rings. The highest BCUT2D eigenvalue weighted by Crippen LogP contribution is 2.16. The molecule has 24 heavy (non-hydrogen) atoms. The smallest absolute Gasteiger partial charge is 0.269 e. The fourth-order valence-electron chi connectivity index (χ4n) is 2.36. The predicted octanol–water partition coefficient (Wildman–Crippen LogP) is 2.98. The van der Waals surface area contributed by atoms with Crippen LogP contribution in [0.4, 0.5) is 5.69 Å². The number of nitro groups is 1. The minimum absolute atomic E-state index is 0.0928. The number of nitrogens with zero attached hydrogens (tertiary/aromatic N) is 1. The highest BCUT2D eigenvalue weighted by molar-refractivity contribution is 5.79. The van der Waals surface area contributed by atoms with Gasteiger partial charge in [0.1, 0.15) is 5.75 Å². The Morgan fingerprint density at radius 1 is 1.08 bits per heavy atom. The molecule has 0 atom stereocenters. The summed E-state index contributed by atoms with van der Waals surface area (Å²) in [6.45, 7) is 0.569. The zero-order valence-corrected chi connectivity index (χ0v) is 13.3. The number of nitro benzene ring substituents is 1. The summed E-state index contributed by atoms with van der Waals surface area (Å²) >= 11 is 0. The van der Waals surface area contributed by atoms with Gasteiger partial charge in [-0.15, -0.1) is 0 Å². The van der Waals surface area contributed by atoms with Gasteiger partial charge < -0.3 is 10.4 Å². The lowest BCUT2D eigenvalue weighted by Gasteiger charge is -2.07. The van der Waals surface area contributed by atoms with E-state index in [1.165, 1.54) is 12.1 Å². The van der Waals surface area contributed by atoms with E-state index in [9.17, 15) is 20.0 Å². The summed E-state index contributed by atoms with van der Waals surface area (Å²) in [6.07, 6.45) is 2.68. The van der Waals surface area contributed by atoms with Crippen LogP contribution in [-0.2, 0) is 17.6 Å². The molecule has 0 spiro atoms. The summed E-state index contributed by atoms with van der Waals surface area (Å²) in [5.41, 5.74) is 1.75. The second kappa shape index (κ2) is 8.67. The van der Waals surface area contributed by atoms with Gasteiger partial charge in [-0.05, 0) is 30.9 Å². The van der Waals surface area contributed by atoms with Crippen molar-refractivity contribution in [1.82, 2.24) is 5.32 Å². The Bertz CT molecular complexity index is 698. The van der Waals surface area contributed by atoms with E-state index < -0.39 is 4.92 Å². The van der Waals surface area contributed by atoms with Crippen LogP contribution in [0.15, 0.2) is 48.5 Å². The molecule has 0 saturated carbocycles. The van der Waals surface area contributed by atoms with E-state index in [1.54, 1.807) is 36.4 Å². The summed E-state index contributed by atoms with van der Waals surface area (Å²) in [7, 11) is 0. The minimum atomic E-state index is -0.413. The van der Waals surface area contributed by atoms with Crippen LogP contribution in [0.5, 0.6) is 5.75 Å². The molecule has 0 aromatic heterocycles. The summed E-state index contributed by atoms with van der Waals surface area (Å²) in [5.74, 6) is 0.0117. The number of rotatable bonds is 8. The molecule has 0 unspecified atom stereocenters. The lowest BCUT2D eigenvalue weighted by molar-refractivity contribution is -0.384. The van der Waals surface area contributed by atoms with E-state index in [1.807, 2.05) is 0 Å². The van der Waals surface area contributed by atoms with E-state index in [-0.39, 0.29) is 23.8 Å². The fraction of sp³-hybridized carbons (Fsp3) is 0.278. The van der Waals surface area contributed by atoms with Crippen LogP contribution in [0.25, 0.3) is 0 Å². The summed E-state index contributed by atoms with van der Waals surface area (Å²) in [4.78, 5) is 22.0. The van der Waals surface area contributed by atoms with Gasteiger partial charge in [0.15, 0.2) is 0 Å². The van der Waals surface area contributed by atoms with E-state index in [0.29, 0.717) is 12.1 Å². The third kappa shape index (κ3) is 5.39. The molecule has 1 amide bonds. The number of hydrogen-bond acceptors (Lipinski definition) is 4. The van der Waals surface area contributed by atoms with Crippen molar-refractivity contribution in [3.63, 3.8) is 0 Å². The number of aromatic hydroxyl groups is 1. The van der Waals surface area contributed by atoms with Crippen molar-refractivity contribution < 1.29 is 14.8 Å². The second-order valence-electron chi connectivity index (χ2n) is 5.54.